The summed E-state index contributed by atoms with van der Waals surface area (Å²) >= 11 is 1.79. The van der Waals surface area contributed by atoms with Crippen molar-refractivity contribution in [2.45, 2.75) is 73.4 Å². The van der Waals surface area contributed by atoms with Gasteiger partial charge >= 0.3 is 0 Å². The molecular formula is C19H37N5S. The van der Waals surface area contributed by atoms with Crippen LogP contribution in [0.15, 0.2) is 4.99 Å². The summed E-state index contributed by atoms with van der Waals surface area (Å²) in [6.07, 6.45) is 2.02. The quantitative estimate of drug-likeness (QED) is 0.378. The van der Waals surface area contributed by atoms with E-state index in [2.05, 4.69) is 69.0 Å². The lowest BCUT2D eigenvalue weighted by Gasteiger charge is -2.30. The molecule has 1 rings (SSSR count). The molecule has 0 atom stereocenters. The highest BCUT2D eigenvalue weighted by Crippen LogP contribution is 2.16. The number of nitrogens with one attached hydrogen (secondary N) is 2. The fourth-order valence-corrected chi connectivity index (χ4v) is 3.77. The highest BCUT2D eigenvalue weighted by Gasteiger charge is 2.12. The summed E-state index contributed by atoms with van der Waals surface area (Å²) < 4.78 is 0. The van der Waals surface area contributed by atoms with Gasteiger partial charge in [0.15, 0.2) is 5.96 Å². The van der Waals surface area contributed by atoms with Gasteiger partial charge in [0.05, 0.1) is 10.7 Å². The van der Waals surface area contributed by atoms with E-state index >= 15 is 0 Å². The normalized spacial score (nSPS) is 12.5. The second-order valence-electron chi connectivity index (χ2n) is 6.97. The fourth-order valence-electron chi connectivity index (χ4n) is 2.83. The van der Waals surface area contributed by atoms with E-state index in [1.807, 2.05) is 0 Å². The minimum absolute atomic E-state index is 0.584. The Hall–Kier alpha value is -1.14. The van der Waals surface area contributed by atoms with Crippen LogP contribution in [0, 0.1) is 13.8 Å². The minimum atomic E-state index is 0.584. The molecule has 0 saturated heterocycles. The molecule has 0 aliphatic rings. The van der Waals surface area contributed by atoms with Gasteiger partial charge in [-0.25, -0.2) is 4.98 Å². The monoisotopic (exact) mass is 367 g/mol. The molecule has 0 spiro atoms. The van der Waals surface area contributed by atoms with E-state index in [0.29, 0.717) is 12.1 Å². The average molecular weight is 368 g/mol. The van der Waals surface area contributed by atoms with Crippen molar-refractivity contribution in [2.24, 2.45) is 4.99 Å². The Kier molecular flexibility index (Phi) is 10.0. The molecule has 0 amide bonds. The van der Waals surface area contributed by atoms with Gasteiger partial charge in [0.1, 0.15) is 0 Å². The highest BCUT2D eigenvalue weighted by atomic mass is 32.1. The van der Waals surface area contributed by atoms with E-state index < -0.39 is 0 Å². The standard InChI is InChI=1S/C19H37N5S/c1-8-20-19(21-11-9-13-24(14(2)3)15(4)5)22-12-10-18-23-16(6)17(7)25-18/h14-15H,8-13H2,1-7H3,(H2,20,21,22). The van der Waals surface area contributed by atoms with Crippen molar-refractivity contribution in [1.29, 1.82) is 0 Å². The highest BCUT2D eigenvalue weighted by molar-refractivity contribution is 7.11. The number of guanidine groups is 1. The number of thiazole rings is 1. The molecule has 5 nitrogen and oxygen atoms in total. The van der Waals surface area contributed by atoms with E-state index in [-0.39, 0.29) is 0 Å². The summed E-state index contributed by atoms with van der Waals surface area (Å²) in [6.45, 7) is 19.0. The Balaban J connectivity index is 2.40. The molecule has 0 fully saturated rings. The molecule has 6 heteroatoms. The lowest BCUT2D eigenvalue weighted by Crippen LogP contribution is -2.39. The number of rotatable bonds is 10. The van der Waals surface area contributed by atoms with Crippen LogP contribution in [0.1, 0.15) is 56.6 Å². The van der Waals surface area contributed by atoms with Crippen molar-refractivity contribution in [3.63, 3.8) is 0 Å². The zero-order valence-corrected chi connectivity index (χ0v) is 18.0. The number of aryl methyl sites for hydroxylation is 2. The van der Waals surface area contributed by atoms with Gasteiger partial charge in [-0.1, -0.05) is 0 Å². The van der Waals surface area contributed by atoms with Crippen LogP contribution < -0.4 is 10.6 Å². The zero-order chi connectivity index (χ0) is 18.8. The van der Waals surface area contributed by atoms with Gasteiger partial charge in [0.2, 0.25) is 0 Å². The first-order valence-corrected chi connectivity index (χ1v) is 10.4. The molecule has 0 aromatic carbocycles. The molecule has 0 saturated carbocycles. The fraction of sp³-hybridized carbons (Fsp3) is 0.789. The first-order chi connectivity index (χ1) is 11.8. The summed E-state index contributed by atoms with van der Waals surface area (Å²) in [7, 11) is 0. The maximum atomic E-state index is 4.71. The lowest BCUT2D eigenvalue weighted by atomic mass is 10.2. The Labute approximate surface area is 158 Å². The summed E-state index contributed by atoms with van der Waals surface area (Å²) in [5, 5.41) is 7.95. The maximum absolute atomic E-state index is 4.71. The van der Waals surface area contributed by atoms with Crippen LogP contribution in [-0.2, 0) is 6.42 Å². The molecule has 0 bridgehead atoms. The van der Waals surface area contributed by atoms with Gasteiger partial charge in [0, 0.05) is 49.6 Å². The van der Waals surface area contributed by atoms with Crippen molar-refractivity contribution in [1.82, 2.24) is 20.5 Å². The van der Waals surface area contributed by atoms with E-state index in [1.165, 1.54) is 9.88 Å². The van der Waals surface area contributed by atoms with E-state index in [1.54, 1.807) is 11.3 Å². The van der Waals surface area contributed by atoms with E-state index in [9.17, 15) is 0 Å². The SMILES string of the molecule is CCNC(=NCCCN(C(C)C)C(C)C)NCCc1nc(C)c(C)s1. The van der Waals surface area contributed by atoms with Crippen molar-refractivity contribution in [3.05, 3.63) is 15.6 Å². The minimum Gasteiger partial charge on any atom is -0.357 e. The van der Waals surface area contributed by atoms with Crippen LogP contribution in [0.2, 0.25) is 0 Å². The van der Waals surface area contributed by atoms with Crippen molar-refractivity contribution in [3.8, 4) is 0 Å². The Morgan fingerprint density at radius 1 is 1.16 bits per heavy atom. The third-order valence-electron chi connectivity index (χ3n) is 4.22. The van der Waals surface area contributed by atoms with Crippen LogP contribution in [0.25, 0.3) is 0 Å². The number of hydrogen-bond donors (Lipinski definition) is 2. The molecule has 0 radical (unpaired) electrons. The first-order valence-electron chi connectivity index (χ1n) is 9.56. The largest absolute Gasteiger partial charge is 0.357 e. The smallest absolute Gasteiger partial charge is 0.191 e. The van der Waals surface area contributed by atoms with Crippen molar-refractivity contribution >= 4 is 17.3 Å². The molecule has 2 N–H and O–H groups in total. The topological polar surface area (TPSA) is 52.6 Å². The maximum Gasteiger partial charge on any atom is 0.191 e. The van der Waals surface area contributed by atoms with Gasteiger partial charge < -0.3 is 10.6 Å². The summed E-state index contributed by atoms with van der Waals surface area (Å²) in [5.41, 5.74) is 1.15. The number of aliphatic imine (C=N–C) groups is 1. The Morgan fingerprint density at radius 2 is 1.84 bits per heavy atom. The molecule has 144 valence electrons. The van der Waals surface area contributed by atoms with Gasteiger partial charge in [-0.3, -0.25) is 9.89 Å². The second kappa shape index (κ2) is 11.5. The zero-order valence-electron chi connectivity index (χ0n) is 17.1. The van der Waals surface area contributed by atoms with Crippen LogP contribution >= 0.6 is 11.3 Å². The molecule has 1 aromatic heterocycles. The average Bonchev–Trinajstić information content (AvgIpc) is 2.84. The lowest BCUT2D eigenvalue weighted by molar-refractivity contribution is 0.174. The van der Waals surface area contributed by atoms with Crippen molar-refractivity contribution in [2.75, 3.05) is 26.2 Å². The Bertz CT molecular complexity index is 494. The molecule has 25 heavy (non-hydrogen) atoms. The first kappa shape index (κ1) is 21.9. The van der Waals surface area contributed by atoms with Gasteiger partial charge in [-0.05, 0) is 54.9 Å². The predicted octanol–water partition coefficient (Wildman–Crippen LogP) is 3.37. The van der Waals surface area contributed by atoms with Crippen LogP contribution in [0.5, 0.6) is 0 Å². The molecule has 1 heterocycles. The van der Waals surface area contributed by atoms with E-state index in [4.69, 9.17) is 4.99 Å². The number of nitrogens with zero attached hydrogens (tertiary/aromatic N) is 3. The molecular weight excluding hydrogens is 330 g/mol. The Morgan fingerprint density at radius 3 is 2.36 bits per heavy atom. The molecule has 0 aliphatic carbocycles. The van der Waals surface area contributed by atoms with Gasteiger partial charge in [-0.2, -0.15) is 0 Å². The summed E-state index contributed by atoms with van der Waals surface area (Å²) in [6, 6.07) is 1.17. The van der Waals surface area contributed by atoms with Crippen LogP contribution in [0.3, 0.4) is 0 Å². The summed E-state index contributed by atoms with van der Waals surface area (Å²) in [5.74, 6) is 0.910. The summed E-state index contributed by atoms with van der Waals surface area (Å²) in [4.78, 5) is 13.1. The van der Waals surface area contributed by atoms with Crippen LogP contribution in [0.4, 0.5) is 0 Å². The number of aromatic nitrogens is 1. The third-order valence-corrected chi connectivity index (χ3v) is 5.35. The third kappa shape index (κ3) is 8.19. The second-order valence-corrected chi connectivity index (χ2v) is 8.25. The number of hydrogen-bond acceptors (Lipinski definition) is 4. The van der Waals surface area contributed by atoms with Crippen molar-refractivity contribution < 1.29 is 0 Å². The molecule has 1 aromatic rings. The van der Waals surface area contributed by atoms with Crippen LogP contribution in [-0.4, -0.2) is 54.1 Å². The molecule has 0 aliphatic heterocycles. The predicted molar refractivity (Wildman–Crippen MR) is 111 cm³/mol. The van der Waals surface area contributed by atoms with E-state index in [0.717, 1.165) is 50.7 Å². The molecule has 0 unspecified atom stereocenters. The van der Waals surface area contributed by atoms with Gasteiger partial charge in [-0.15, -0.1) is 11.3 Å². The van der Waals surface area contributed by atoms with Gasteiger partial charge in [0.25, 0.3) is 0 Å².